The Morgan fingerprint density at radius 3 is 3.12 bits per heavy atom. The molecule has 0 saturated heterocycles. The number of nitrogen functional groups attached to an aromatic ring is 1. The monoisotopic (exact) mass is 237 g/mol. The average molecular weight is 237 g/mol. The van der Waals surface area contributed by atoms with E-state index in [9.17, 15) is 4.79 Å². The van der Waals surface area contributed by atoms with Crippen LogP contribution in [0.3, 0.4) is 0 Å². The molecule has 2 heterocycles. The third-order valence-electron chi connectivity index (χ3n) is 1.99. The van der Waals surface area contributed by atoms with Crippen LogP contribution in [0.25, 0.3) is 0 Å². The Kier molecular flexibility index (Phi) is 3.21. The summed E-state index contributed by atoms with van der Waals surface area (Å²) in [5.41, 5.74) is 5.80. The van der Waals surface area contributed by atoms with Crippen molar-refractivity contribution in [2.75, 3.05) is 12.3 Å². The van der Waals surface area contributed by atoms with Gasteiger partial charge in [0.05, 0.1) is 6.26 Å². The summed E-state index contributed by atoms with van der Waals surface area (Å²) in [4.78, 5) is 15.4. The maximum Gasteiger partial charge on any atom is 0.270 e. The summed E-state index contributed by atoms with van der Waals surface area (Å²) >= 11 is 1.25. The van der Waals surface area contributed by atoms with Crippen molar-refractivity contribution in [2.24, 2.45) is 0 Å². The first-order chi connectivity index (χ1) is 7.75. The maximum absolute atomic E-state index is 11.5. The number of rotatable bonds is 4. The Bertz CT molecular complexity index is 464. The molecule has 0 unspecified atom stereocenters. The lowest BCUT2D eigenvalue weighted by Crippen LogP contribution is -2.25. The number of amides is 1. The molecule has 0 atom stereocenters. The SMILES string of the molecule is Nc1nc(C(=O)NCCc2ccco2)cs1. The summed E-state index contributed by atoms with van der Waals surface area (Å²) in [6, 6.07) is 3.69. The quantitative estimate of drug-likeness (QED) is 0.839. The largest absolute Gasteiger partial charge is 0.469 e. The molecular formula is C10H11N3O2S. The molecule has 0 fully saturated rings. The van der Waals surface area contributed by atoms with Gasteiger partial charge in [0, 0.05) is 18.3 Å². The second-order valence-corrected chi connectivity index (χ2v) is 4.05. The minimum Gasteiger partial charge on any atom is -0.469 e. The summed E-state index contributed by atoms with van der Waals surface area (Å²) < 4.78 is 5.14. The Morgan fingerprint density at radius 2 is 2.50 bits per heavy atom. The van der Waals surface area contributed by atoms with Crippen molar-refractivity contribution in [1.82, 2.24) is 10.3 Å². The Balaban J connectivity index is 1.80. The van der Waals surface area contributed by atoms with Crippen molar-refractivity contribution < 1.29 is 9.21 Å². The molecular weight excluding hydrogens is 226 g/mol. The molecule has 2 aromatic heterocycles. The third-order valence-corrected chi connectivity index (χ3v) is 2.67. The van der Waals surface area contributed by atoms with E-state index in [1.54, 1.807) is 11.6 Å². The lowest BCUT2D eigenvalue weighted by atomic mass is 10.3. The van der Waals surface area contributed by atoms with Crippen molar-refractivity contribution in [3.63, 3.8) is 0 Å². The van der Waals surface area contributed by atoms with Gasteiger partial charge in [-0.15, -0.1) is 11.3 Å². The van der Waals surface area contributed by atoms with Crippen molar-refractivity contribution >= 4 is 22.4 Å². The van der Waals surface area contributed by atoms with E-state index >= 15 is 0 Å². The van der Waals surface area contributed by atoms with E-state index in [-0.39, 0.29) is 5.91 Å². The van der Waals surface area contributed by atoms with Crippen molar-refractivity contribution in [1.29, 1.82) is 0 Å². The zero-order chi connectivity index (χ0) is 11.4. The zero-order valence-electron chi connectivity index (χ0n) is 8.47. The molecule has 84 valence electrons. The predicted molar refractivity (Wildman–Crippen MR) is 61.3 cm³/mol. The van der Waals surface area contributed by atoms with Crippen LogP contribution in [-0.2, 0) is 6.42 Å². The molecule has 6 heteroatoms. The van der Waals surface area contributed by atoms with Crippen molar-refractivity contribution in [3.8, 4) is 0 Å². The second-order valence-electron chi connectivity index (χ2n) is 3.16. The summed E-state index contributed by atoms with van der Waals surface area (Å²) in [6.45, 7) is 0.518. The molecule has 2 rings (SSSR count). The minimum atomic E-state index is -0.209. The molecule has 3 N–H and O–H groups in total. The highest BCUT2D eigenvalue weighted by atomic mass is 32.1. The topological polar surface area (TPSA) is 81.1 Å². The number of nitrogens with zero attached hydrogens (tertiary/aromatic N) is 1. The van der Waals surface area contributed by atoms with Gasteiger partial charge in [0.1, 0.15) is 11.5 Å². The van der Waals surface area contributed by atoms with E-state index in [0.717, 1.165) is 5.76 Å². The molecule has 0 spiro atoms. The summed E-state index contributed by atoms with van der Waals surface area (Å²) in [6.07, 6.45) is 2.27. The molecule has 0 radical (unpaired) electrons. The van der Waals surface area contributed by atoms with Crippen molar-refractivity contribution in [2.45, 2.75) is 6.42 Å². The van der Waals surface area contributed by atoms with Gasteiger partial charge in [0.2, 0.25) is 0 Å². The fourth-order valence-corrected chi connectivity index (χ4v) is 1.78. The van der Waals surface area contributed by atoms with E-state index in [1.165, 1.54) is 11.3 Å². The highest BCUT2D eigenvalue weighted by Crippen LogP contribution is 2.10. The van der Waals surface area contributed by atoms with Crippen LogP contribution in [0.4, 0.5) is 5.13 Å². The molecule has 0 aromatic carbocycles. The Morgan fingerprint density at radius 1 is 1.62 bits per heavy atom. The number of thiazole rings is 1. The number of hydrogen-bond donors (Lipinski definition) is 2. The van der Waals surface area contributed by atoms with Crippen LogP contribution < -0.4 is 11.1 Å². The molecule has 16 heavy (non-hydrogen) atoms. The number of aromatic nitrogens is 1. The van der Waals surface area contributed by atoms with E-state index < -0.39 is 0 Å². The fraction of sp³-hybridized carbons (Fsp3) is 0.200. The van der Waals surface area contributed by atoms with Gasteiger partial charge in [-0.25, -0.2) is 4.98 Å². The number of nitrogens with two attached hydrogens (primary N) is 1. The molecule has 0 saturated carbocycles. The third kappa shape index (κ3) is 2.60. The smallest absolute Gasteiger partial charge is 0.270 e. The van der Waals surface area contributed by atoms with Gasteiger partial charge in [0.15, 0.2) is 5.13 Å². The van der Waals surface area contributed by atoms with Gasteiger partial charge in [-0.1, -0.05) is 0 Å². The first-order valence-corrected chi connectivity index (χ1v) is 5.65. The summed E-state index contributed by atoms with van der Waals surface area (Å²) in [7, 11) is 0. The molecule has 5 nitrogen and oxygen atoms in total. The van der Waals surface area contributed by atoms with Gasteiger partial charge >= 0.3 is 0 Å². The van der Waals surface area contributed by atoms with Crippen LogP contribution in [0.2, 0.25) is 0 Å². The van der Waals surface area contributed by atoms with Gasteiger partial charge in [0.25, 0.3) is 5.91 Å². The summed E-state index contributed by atoms with van der Waals surface area (Å²) in [5.74, 6) is 0.637. The van der Waals surface area contributed by atoms with Crippen LogP contribution in [0, 0.1) is 0 Å². The average Bonchev–Trinajstić information content (AvgIpc) is 2.89. The van der Waals surface area contributed by atoms with Crippen LogP contribution >= 0.6 is 11.3 Å². The Labute approximate surface area is 96.3 Å². The highest BCUT2D eigenvalue weighted by Gasteiger charge is 2.08. The fourth-order valence-electron chi connectivity index (χ4n) is 1.24. The highest BCUT2D eigenvalue weighted by molar-refractivity contribution is 7.13. The van der Waals surface area contributed by atoms with E-state index in [1.807, 2.05) is 12.1 Å². The van der Waals surface area contributed by atoms with E-state index in [4.69, 9.17) is 10.2 Å². The van der Waals surface area contributed by atoms with Gasteiger partial charge in [-0.3, -0.25) is 4.79 Å². The lowest BCUT2D eigenvalue weighted by molar-refractivity contribution is 0.0949. The van der Waals surface area contributed by atoms with Crippen LogP contribution in [0.5, 0.6) is 0 Å². The molecule has 0 bridgehead atoms. The number of hydrogen-bond acceptors (Lipinski definition) is 5. The normalized spacial score (nSPS) is 10.2. The number of carbonyl (C=O) groups is 1. The minimum absolute atomic E-state index is 0.209. The van der Waals surface area contributed by atoms with Crippen LogP contribution in [0.15, 0.2) is 28.2 Å². The maximum atomic E-state index is 11.5. The molecule has 1 amide bonds. The molecule has 0 aliphatic heterocycles. The first-order valence-electron chi connectivity index (χ1n) is 4.77. The van der Waals surface area contributed by atoms with Gasteiger partial charge < -0.3 is 15.5 Å². The van der Waals surface area contributed by atoms with Gasteiger partial charge in [-0.2, -0.15) is 0 Å². The zero-order valence-corrected chi connectivity index (χ0v) is 9.29. The van der Waals surface area contributed by atoms with Gasteiger partial charge in [-0.05, 0) is 12.1 Å². The standard InChI is InChI=1S/C10H11N3O2S/c11-10-13-8(6-16-10)9(14)12-4-3-7-2-1-5-15-7/h1-2,5-6H,3-4H2,(H2,11,13)(H,12,14). The first kappa shape index (κ1) is 10.7. The van der Waals surface area contributed by atoms with E-state index in [0.29, 0.717) is 23.8 Å². The molecule has 0 aliphatic rings. The molecule has 2 aromatic rings. The van der Waals surface area contributed by atoms with Crippen LogP contribution in [-0.4, -0.2) is 17.4 Å². The number of furan rings is 1. The Hall–Kier alpha value is -1.82. The number of nitrogens with one attached hydrogen (secondary N) is 1. The molecule has 0 aliphatic carbocycles. The predicted octanol–water partition coefficient (Wildman–Crippen LogP) is 1.29. The van der Waals surface area contributed by atoms with Crippen LogP contribution in [0.1, 0.15) is 16.2 Å². The summed E-state index contributed by atoms with van der Waals surface area (Å²) in [5, 5.41) is 4.78. The van der Waals surface area contributed by atoms with Crippen molar-refractivity contribution in [3.05, 3.63) is 35.2 Å². The lowest BCUT2D eigenvalue weighted by Gasteiger charge is -2.00. The second kappa shape index (κ2) is 4.80. The number of anilines is 1. The van der Waals surface area contributed by atoms with E-state index in [2.05, 4.69) is 10.3 Å². The number of carbonyl (C=O) groups excluding carboxylic acids is 1.